The highest BCUT2D eigenvalue weighted by molar-refractivity contribution is 6.11. The molecular weight excluding hydrogens is 638 g/mol. The molecule has 0 bridgehead atoms. The van der Waals surface area contributed by atoms with E-state index >= 15 is 8.78 Å². The molecule has 4 rings (SSSR count). The number of pyridine rings is 1. The molecule has 0 aliphatic rings. The van der Waals surface area contributed by atoms with Crippen LogP contribution in [0.25, 0.3) is 5.69 Å². The third kappa shape index (κ3) is 8.78. The largest absolute Gasteiger partial charge is 0.493 e. The van der Waals surface area contributed by atoms with Crippen LogP contribution in [0.4, 0.5) is 28.2 Å². The molecule has 1 aromatic heterocycles. The minimum absolute atomic E-state index is 0.00443. The number of ether oxygens (including phenoxy) is 3. The summed E-state index contributed by atoms with van der Waals surface area (Å²) >= 11 is 0. The Bertz CT molecular complexity index is 1840. The highest BCUT2D eigenvalue weighted by Crippen LogP contribution is 2.27. The predicted molar refractivity (Wildman–Crippen MR) is 166 cm³/mol. The summed E-state index contributed by atoms with van der Waals surface area (Å²) < 4.78 is 74.5. The summed E-state index contributed by atoms with van der Waals surface area (Å²) in [5.41, 5.74) is 3.69. The molecule has 0 saturated heterocycles. The van der Waals surface area contributed by atoms with Gasteiger partial charge in [0.05, 0.1) is 24.3 Å². The van der Waals surface area contributed by atoms with Gasteiger partial charge < -0.3 is 25.3 Å². The summed E-state index contributed by atoms with van der Waals surface area (Å²) in [6.45, 7) is 3.33. The van der Waals surface area contributed by atoms with Crippen molar-refractivity contribution < 1.29 is 46.2 Å². The Hall–Kier alpha value is -5.66. The first-order chi connectivity index (χ1) is 22.8. The molecule has 0 aliphatic carbocycles. The molecule has 252 valence electrons. The number of halogens is 4. The maximum absolute atomic E-state index is 15.3. The second kappa shape index (κ2) is 15.8. The molecule has 0 fully saturated rings. The molecule has 14 heteroatoms. The number of benzene rings is 3. The van der Waals surface area contributed by atoms with Crippen LogP contribution in [0.15, 0.2) is 77.6 Å². The molecule has 3 aromatic carbocycles. The van der Waals surface area contributed by atoms with Gasteiger partial charge in [-0.3, -0.25) is 14.2 Å². The van der Waals surface area contributed by atoms with Gasteiger partial charge in [0.2, 0.25) is 0 Å². The molecule has 0 radical (unpaired) electrons. The summed E-state index contributed by atoms with van der Waals surface area (Å²) in [7, 11) is 0. The SMILES string of the molecule is CC(C)COC(=O)[C@H](CCOc1cc(F)c(-n2c(N)c(C(=O)c3ccc(F)cc3F)ccc2=O)c(F)c1)NC(=O)OCc1ccccc1. The van der Waals surface area contributed by atoms with Crippen LogP contribution in [0.5, 0.6) is 5.75 Å². The van der Waals surface area contributed by atoms with Crippen molar-refractivity contribution in [3.8, 4) is 11.4 Å². The number of carbonyl (C=O) groups excluding carboxylic acids is 3. The van der Waals surface area contributed by atoms with Crippen LogP contribution >= 0.6 is 0 Å². The lowest BCUT2D eigenvalue weighted by atomic mass is 10.0. The summed E-state index contributed by atoms with van der Waals surface area (Å²) in [5.74, 6) is -7.64. The van der Waals surface area contributed by atoms with Gasteiger partial charge in [0.15, 0.2) is 17.4 Å². The number of nitrogens with zero attached hydrogens (tertiary/aromatic N) is 1. The summed E-state index contributed by atoms with van der Waals surface area (Å²) in [6.07, 6.45) is -1.09. The number of hydrogen-bond donors (Lipinski definition) is 2. The standard InChI is InChI=1S/C34H31F4N3O7/c1-19(2)17-47-33(44)28(40-34(45)48-18-20-6-4-3-5-7-20)12-13-46-22-15-26(37)30(27(38)16-22)41-29(42)11-10-24(32(41)39)31(43)23-9-8-21(35)14-25(23)36/h3-11,14-16,19,28H,12-13,17-18,39H2,1-2H3,(H,40,45)/t28-/m0/s1. The first-order valence-corrected chi connectivity index (χ1v) is 14.6. The smallest absolute Gasteiger partial charge is 0.408 e. The first-order valence-electron chi connectivity index (χ1n) is 14.6. The number of nitrogens with one attached hydrogen (secondary N) is 1. The molecular formula is C34H31F4N3O7. The molecule has 1 atom stereocenters. The lowest BCUT2D eigenvalue weighted by Gasteiger charge is -2.19. The van der Waals surface area contributed by atoms with E-state index < -0.39 is 75.3 Å². The Morgan fingerprint density at radius 3 is 2.17 bits per heavy atom. The van der Waals surface area contributed by atoms with E-state index in [1.807, 2.05) is 13.8 Å². The van der Waals surface area contributed by atoms with Gasteiger partial charge in [-0.1, -0.05) is 44.2 Å². The Morgan fingerprint density at radius 1 is 0.854 bits per heavy atom. The predicted octanol–water partition coefficient (Wildman–Crippen LogP) is 5.47. The van der Waals surface area contributed by atoms with Gasteiger partial charge >= 0.3 is 12.1 Å². The van der Waals surface area contributed by atoms with Crippen molar-refractivity contribution in [1.29, 1.82) is 0 Å². The average molecular weight is 670 g/mol. The zero-order valence-corrected chi connectivity index (χ0v) is 25.8. The molecule has 3 N–H and O–H groups in total. The number of nitrogen functional groups attached to an aromatic ring is 1. The molecule has 0 spiro atoms. The van der Waals surface area contributed by atoms with E-state index in [0.29, 0.717) is 16.2 Å². The summed E-state index contributed by atoms with van der Waals surface area (Å²) in [6, 6.07) is 13.0. The molecule has 48 heavy (non-hydrogen) atoms. The lowest BCUT2D eigenvalue weighted by molar-refractivity contribution is -0.147. The van der Waals surface area contributed by atoms with Crippen molar-refractivity contribution in [2.24, 2.45) is 5.92 Å². The van der Waals surface area contributed by atoms with E-state index in [1.165, 1.54) is 0 Å². The molecule has 4 aromatic rings. The van der Waals surface area contributed by atoms with Crippen LogP contribution in [0.1, 0.15) is 41.8 Å². The maximum Gasteiger partial charge on any atom is 0.408 e. The van der Waals surface area contributed by atoms with Gasteiger partial charge in [-0.15, -0.1) is 0 Å². The normalized spacial score (nSPS) is 11.6. The number of nitrogens with two attached hydrogens (primary N) is 1. The third-order valence-corrected chi connectivity index (χ3v) is 6.79. The van der Waals surface area contributed by atoms with Gasteiger partial charge in [0.25, 0.3) is 5.56 Å². The Morgan fingerprint density at radius 2 is 1.52 bits per heavy atom. The van der Waals surface area contributed by atoms with Crippen molar-refractivity contribution in [1.82, 2.24) is 9.88 Å². The highest BCUT2D eigenvalue weighted by atomic mass is 19.1. The van der Waals surface area contributed by atoms with Crippen LogP contribution in [-0.4, -0.2) is 41.7 Å². The lowest BCUT2D eigenvalue weighted by Crippen LogP contribution is -2.43. The van der Waals surface area contributed by atoms with Crippen LogP contribution < -0.4 is 21.3 Å². The molecule has 10 nitrogen and oxygen atoms in total. The van der Waals surface area contributed by atoms with E-state index in [9.17, 15) is 28.0 Å². The monoisotopic (exact) mass is 669 g/mol. The second-order valence-electron chi connectivity index (χ2n) is 10.9. The fourth-order valence-corrected chi connectivity index (χ4v) is 4.43. The first kappa shape index (κ1) is 35.2. The van der Waals surface area contributed by atoms with Crippen molar-refractivity contribution in [3.05, 3.63) is 123 Å². The molecule has 0 saturated carbocycles. The van der Waals surface area contributed by atoms with Gasteiger partial charge in [0, 0.05) is 30.7 Å². The zero-order chi connectivity index (χ0) is 35.0. The molecule has 0 unspecified atom stereocenters. The number of alkyl carbamates (subject to hydrolysis) is 1. The molecule has 0 aliphatic heterocycles. The average Bonchev–Trinajstić information content (AvgIpc) is 3.03. The zero-order valence-electron chi connectivity index (χ0n) is 25.8. The molecule has 1 heterocycles. The number of ketones is 1. The number of esters is 1. The van der Waals surface area contributed by atoms with Crippen LogP contribution in [-0.2, 0) is 20.9 Å². The highest BCUT2D eigenvalue weighted by Gasteiger charge is 2.26. The van der Waals surface area contributed by atoms with Gasteiger partial charge in [0.1, 0.15) is 41.5 Å². The Labute approximate surface area is 272 Å². The number of amides is 1. The van der Waals surface area contributed by atoms with Crippen LogP contribution in [0, 0.1) is 29.2 Å². The van der Waals surface area contributed by atoms with Crippen molar-refractivity contribution in [2.75, 3.05) is 18.9 Å². The summed E-state index contributed by atoms with van der Waals surface area (Å²) in [5, 5.41) is 2.41. The number of carbonyl (C=O) groups is 3. The van der Waals surface area contributed by atoms with E-state index in [0.717, 1.165) is 36.4 Å². The maximum atomic E-state index is 15.3. The number of anilines is 1. The van der Waals surface area contributed by atoms with E-state index in [-0.39, 0.29) is 37.9 Å². The quantitative estimate of drug-likeness (QED) is 0.109. The minimum atomic E-state index is -1.31. The number of rotatable bonds is 13. The second-order valence-corrected chi connectivity index (χ2v) is 10.9. The number of aromatic nitrogens is 1. The van der Waals surface area contributed by atoms with Gasteiger partial charge in [-0.05, 0) is 29.7 Å². The van der Waals surface area contributed by atoms with Crippen molar-refractivity contribution in [3.63, 3.8) is 0 Å². The van der Waals surface area contributed by atoms with Crippen molar-refractivity contribution >= 4 is 23.7 Å². The van der Waals surface area contributed by atoms with Crippen LogP contribution in [0.3, 0.4) is 0 Å². The summed E-state index contributed by atoms with van der Waals surface area (Å²) in [4.78, 5) is 50.7. The van der Waals surface area contributed by atoms with E-state index in [2.05, 4.69) is 5.32 Å². The van der Waals surface area contributed by atoms with Crippen molar-refractivity contribution in [2.45, 2.75) is 32.9 Å². The fourth-order valence-electron chi connectivity index (χ4n) is 4.43. The topological polar surface area (TPSA) is 139 Å². The van der Waals surface area contributed by atoms with Crippen LogP contribution in [0.2, 0.25) is 0 Å². The van der Waals surface area contributed by atoms with Gasteiger partial charge in [-0.25, -0.2) is 27.2 Å². The minimum Gasteiger partial charge on any atom is -0.493 e. The third-order valence-electron chi connectivity index (χ3n) is 6.79. The van der Waals surface area contributed by atoms with Gasteiger partial charge in [-0.2, -0.15) is 0 Å². The number of hydrogen-bond acceptors (Lipinski definition) is 8. The Balaban J connectivity index is 1.50. The molecule has 1 amide bonds. The van der Waals surface area contributed by atoms with E-state index in [4.69, 9.17) is 19.9 Å². The Kier molecular flexibility index (Phi) is 11.6. The van der Waals surface area contributed by atoms with E-state index in [1.54, 1.807) is 30.3 Å². The fraction of sp³-hybridized carbons (Fsp3) is 0.235.